The first-order valence-electron chi connectivity index (χ1n) is 15.0. The number of carboxylic acids is 2. The molecule has 15 nitrogen and oxygen atoms in total. The van der Waals surface area contributed by atoms with Crippen molar-refractivity contribution in [3.05, 3.63) is 96.1 Å². The summed E-state index contributed by atoms with van der Waals surface area (Å²) in [7, 11) is 0. The SMILES string of the molecule is Cc1cc(Nc2cc(C)[nH]n2)nc(-c2ccc(N3CC4CC(C3)N4Cc3ccc(-n4cc(F)cn4)nc3)nc2)n1.O=C(O)/C=C/C(=O)O. The van der Waals surface area contributed by atoms with Crippen molar-refractivity contribution in [1.29, 1.82) is 0 Å². The highest BCUT2D eigenvalue weighted by molar-refractivity contribution is 5.89. The second-order valence-electron chi connectivity index (χ2n) is 11.4. The Morgan fingerprint density at radius 1 is 0.958 bits per heavy atom. The maximum absolute atomic E-state index is 13.3. The molecule has 0 spiro atoms. The van der Waals surface area contributed by atoms with E-state index in [-0.39, 0.29) is 5.82 Å². The molecule has 8 rings (SSSR count). The molecule has 3 fully saturated rings. The summed E-state index contributed by atoms with van der Waals surface area (Å²) in [4.78, 5) is 42.5. The van der Waals surface area contributed by atoms with Gasteiger partial charge in [0.1, 0.15) is 11.6 Å². The number of piperidine rings is 1. The van der Waals surface area contributed by atoms with E-state index < -0.39 is 11.9 Å². The summed E-state index contributed by atoms with van der Waals surface area (Å²) in [5, 5.41) is 30.0. The first kappa shape index (κ1) is 31.9. The number of pyridine rings is 2. The lowest BCUT2D eigenvalue weighted by atomic mass is 9.87. The summed E-state index contributed by atoms with van der Waals surface area (Å²) in [6.45, 7) is 6.61. The fraction of sp³-hybridized carbons (Fsp3) is 0.250. The summed E-state index contributed by atoms with van der Waals surface area (Å²) >= 11 is 0. The average molecular weight is 654 g/mol. The monoisotopic (exact) mass is 653 g/mol. The van der Waals surface area contributed by atoms with Gasteiger partial charge in [-0.2, -0.15) is 10.2 Å². The molecule has 8 heterocycles. The Balaban J connectivity index is 0.000000449. The van der Waals surface area contributed by atoms with Crippen LogP contribution >= 0.6 is 0 Å². The quantitative estimate of drug-likeness (QED) is 0.169. The molecule has 0 saturated carbocycles. The standard InChI is InChI=1S/C28H28FN11.C4H4O4/c1-17-7-24(34-25-8-18(2)36-37-25)35-28(33-17)20-4-6-26(31-11-20)38-15-22-9-23(16-38)39(22)13-19-3-5-27(30-10-19)40-14-21(29)12-32-40;5-3(6)1-2-4(7)8/h3-8,10-12,14,22-23H,9,13,15-16H2,1-2H3,(H2,33,34,35,36,37);1-2H,(H,5,6)(H,7,8)/b;2-1+. The van der Waals surface area contributed by atoms with E-state index in [9.17, 15) is 14.0 Å². The molecule has 0 radical (unpaired) electrons. The molecule has 2 bridgehead atoms. The number of aryl methyl sites for hydroxylation is 2. The van der Waals surface area contributed by atoms with Gasteiger partial charge in [0.2, 0.25) is 0 Å². The van der Waals surface area contributed by atoms with Gasteiger partial charge in [0.25, 0.3) is 0 Å². The lowest BCUT2D eigenvalue weighted by Gasteiger charge is -2.56. The lowest BCUT2D eigenvalue weighted by molar-refractivity contribution is -0.134. The lowest BCUT2D eigenvalue weighted by Crippen LogP contribution is -2.68. The van der Waals surface area contributed by atoms with Crippen LogP contribution in [0.15, 0.2) is 73.3 Å². The average Bonchev–Trinajstić information content (AvgIpc) is 3.70. The van der Waals surface area contributed by atoms with E-state index in [2.05, 4.69) is 51.4 Å². The van der Waals surface area contributed by atoms with Crippen molar-refractivity contribution in [2.75, 3.05) is 23.3 Å². The molecule has 4 N–H and O–H groups in total. The van der Waals surface area contributed by atoms with E-state index in [4.69, 9.17) is 15.2 Å². The number of hydrogen-bond donors (Lipinski definition) is 4. The Bertz CT molecular complexity index is 1910. The molecule has 5 aromatic rings. The maximum Gasteiger partial charge on any atom is 0.328 e. The number of rotatable bonds is 9. The van der Waals surface area contributed by atoms with E-state index >= 15 is 0 Å². The van der Waals surface area contributed by atoms with Crippen molar-refractivity contribution < 1.29 is 24.2 Å². The molecule has 0 aromatic carbocycles. The topological polar surface area (TPSA) is 191 Å². The smallest absolute Gasteiger partial charge is 0.328 e. The largest absolute Gasteiger partial charge is 0.478 e. The van der Waals surface area contributed by atoms with E-state index in [1.54, 1.807) is 0 Å². The molecule has 48 heavy (non-hydrogen) atoms. The third kappa shape index (κ3) is 7.67. The first-order chi connectivity index (χ1) is 23.1. The number of halogens is 1. The van der Waals surface area contributed by atoms with E-state index in [0.717, 1.165) is 48.0 Å². The third-order valence-electron chi connectivity index (χ3n) is 7.82. The van der Waals surface area contributed by atoms with Crippen LogP contribution in [0.5, 0.6) is 0 Å². The van der Waals surface area contributed by atoms with Gasteiger partial charge in [-0.05, 0) is 44.0 Å². The Morgan fingerprint density at radius 3 is 2.27 bits per heavy atom. The fourth-order valence-corrected chi connectivity index (χ4v) is 5.64. The van der Waals surface area contributed by atoms with Crippen molar-refractivity contribution in [3.8, 4) is 17.2 Å². The molecule has 5 aromatic heterocycles. The van der Waals surface area contributed by atoms with E-state index in [1.165, 1.54) is 23.5 Å². The molecule has 3 saturated heterocycles. The normalized spacial score (nSPS) is 17.0. The van der Waals surface area contributed by atoms with Crippen molar-refractivity contribution in [1.82, 2.24) is 44.8 Å². The van der Waals surface area contributed by atoms with Crippen LogP contribution in [-0.2, 0) is 16.1 Å². The van der Waals surface area contributed by atoms with Gasteiger partial charge in [0, 0.05) is 85.3 Å². The minimum absolute atomic E-state index is 0.376. The number of H-pyrrole nitrogens is 1. The van der Waals surface area contributed by atoms with Gasteiger partial charge in [-0.1, -0.05) is 6.07 Å². The van der Waals surface area contributed by atoms with Crippen LogP contribution in [0.4, 0.5) is 21.8 Å². The summed E-state index contributed by atoms with van der Waals surface area (Å²) in [6, 6.07) is 12.8. The molecule has 0 amide bonds. The second kappa shape index (κ2) is 13.8. The number of anilines is 3. The Hall–Kier alpha value is -6.03. The summed E-state index contributed by atoms with van der Waals surface area (Å²) in [6.07, 6.45) is 8.51. The number of nitrogens with one attached hydrogen (secondary N) is 2. The Morgan fingerprint density at radius 2 is 1.69 bits per heavy atom. The van der Waals surface area contributed by atoms with Crippen molar-refractivity contribution >= 4 is 29.4 Å². The number of aromatic nitrogens is 8. The van der Waals surface area contributed by atoms with Gasteiger partial charge < -0.3 is 20.4 Å². The Kier molecular flexibility index (Phi) is 9.15. The molecule has 246 valence electrons. The molecule has 0 aliphatic carbocycles. The van der Waals surface area contributed by atoms with E-state index in [0.29, 0.717) is 47.5 Å². The van der Waals surface area contributed by atoms with E-state index in [1.807, 2.05) is 56.6 Å². The summed E-state index contributed by atoms with van der Waals surface area (Å²) < 4.78 is 14.7. The van der Waals surface area contributed by atoms with Gasteiger partial charge in [-0.25, -0.2) is 38.6 Å². The Labute approximate surface area is 273 Å². The van der Waals surface area contributed by atoms with Crippen molar-refractivity contribution in [2.45, 2.75) is 38.9 Å². The van der Waals surface area contributed by atoms with Crippen LogP contribution in [0.25, 0.3) is 17.2 Å². The number of aromatic amines is 1. The van der Waals surface area contributed by atoms with Gasteiger partial charge in [-0.3, -0.25) is 10.00 Å². The highest BCUT2D eigenvalue weighted by Gasteiger charge is 2.44. The number of aliphatic carboxylic acids is 2. The second-order valence-corrected chi connectivity index (χ2v) is 11.4. The third-order valence-corrected chi connectivity index (χ3v) is 7.82. The molecular formula is C32H32FN11O4. The van der Waals surface area contributed by atoms with Crippen LogP contribution < -0.4 is 10.2 Å². The molecule has 2 atom stereocenters. The van der Waals surface area contributed by atoms with Crippen molar-refractivity contribution in [2.24, 2.45) is 0 Å². The van der Waals surface area contributed by atoms with Crippen molar-refractivity contribution in [3.63, 3.8) is 0 Å². The minimum atomic E-state index is -1.26. The predicted octanol–water partition coefficient (Wildman–Crippen LogP) is 3.52. The number of nitrogens with zero attached hydrogens (tertiary/aromatic N) is 9. The number of carbonyl (C=O) groups is 2. The van der Waals surface area contributed by atoms with Gasteiger partial charge in [0.05, 0.1) is 12.4 Å². The van der Waals surface area contributed by atoms with Crippen LogP contribution in [0.3, 0.4) is 0 Å². The minimum Gasteiger partial charge on any atom is -0.478 e. The van der Waals surface area contributed by atoms with Gasteiger partial charge in [-0.15, -0.1) is 0 Å². The maximum atomic E-state index is 13.3. The number of carboxylic acid groups (broad SMARTS) is 2. The van der Waals surface area contributed by atoms with Crippen LogP contribution in [-0.4, -0.2) is 92.1 Å². The van der Waals surface area contributed by atoms with Crippen LogP contribution in [0.2, 0.25) is 0 Å². The highest BCUT2D eigenvalue weighted by atomic mass is 19.1. The molecule has 3 aliphatic rings. The highest BCUT2D eigenvalue weighted by Crippen LogP contribution is 2.35. The number of hydrogen-bond acceptors (Lipinski definition) is 11. The van der Waals surface area contributed by atoms with Gasteiger partial charge in [0.15, 0.2) is 23.3 Å². The summed E-state index contributed by atoms with van der Waals surface area (Å²) in [5.41, 5.74) is 3.84. The molecular weight excluding hydrogens is 621 g/mol. The zero-order valence-electron chi connectivity index (χ0n) is 26.0. The molecule has 3 aliphatic heterocycles. The zero-order chi connectivity index (χ0) is 33.8. The molecule has 16 heteroatoms. The zero-order valence-corrected chi connectivity index (χ0v) is 26.0. The first-order valence-corrected chi connectivity index (χ1v) is 15.0. The number of piperazine rings is 1. The summed E-state index contributed by atoms with van der Waals surface area (Å²) in [5.74, 6) is 0.709. The predicted molar refractivity (Wildman–Crippen MR) is 172 cm³/mol. The number of fused-ring (bicyclic) bond motifs is 2. The molecule has 2 unspecified atom stereocenters. The fourth-order valence-electron chi connectivity index (χ4n) is 5.64. The van der Waals surface area contributed by atoms with Crippen LogP contribution in [0.1, 0.15) is 23.4 Å². The van der Waals surface area contributed by atoms with Crippen LogP contribution in [0, 0.1) is 19.7 Å². The van der Waals surface area contributed by atoms with Gasteiger partial charge >= 0.3 is 11.9 Å².